The van der Waals surface area contributed by atoms with Crippen LogP contribution in [-0.4, -0.2) is 5.97 Å². The molecular weight excluding hydrogens is 235 g/mol. The Balaban J connectivity index is 0.00000289. The summed E-state index contributed by atoms with van der Waals surface area (Å²) < 4.78 is 5.20. The van der Waals surface area contributed by atoms with Crippen LogP contribution in [0.25, 0.3) is 0 Å². The van der Waals surface area contributed by atoms with Crippen molar-refractivity contribution in [2.75, 3.05) is 0 Å². The number of carbonyl (C=O) groups is 1. The molecule has 0 atom stereocenters. The molecule has 0 aliphatic carbocycles. The number of carbonyl (C=O) groups excluding carboxylic acids is 1. The number of benzene rings is 1. The Labute approximate surface area is 132 Å². The molecule has 0 unspecified atom stereocenters. The molecule has 0 saturated carbocycles. The van der Waals surface area contributed by atoms with E-state index in [4.69, 9.17) is 4.74 Å². The molecule has 0 amide bonds. The number of hydrogen-bond acceptors (Lipinski definition) is 2. The Morgan fingerprint density at radius 3 is 2.28 bits per heavy atom. The molecular formula is C15H22NaO2+. The molecule has 18 heavy (non-hydrogen) atoms. The van der Waals surface area contributed by atoms with Gasteiger partial charge in [0.1, 0.15) is 5.75 Å². The van der Waals surface area contributed by atoms with Gasteiger partial charge in [0.15, 0.2) is 0 Å². The summed E-state index contributed by atoms with van der Waals surface area (Å²) in [7, 11) is 0. The molecule has 0 radical (unpaired) electrons. The van der Waals surface area contributed by atoms with Crippen LogP contribution in [0.1, 0.15) is 51.9 Å². The first kappa shape index (κ1) is 17.7. The quantitative estimate of drug-likeness (QED) is 0.304. The van der Waals surface area contributed by atoms with Crippen molar-refractivity contribution in [2.24, 2.45) is 0 Å². The number of unbranched alkanes of at least 4 members (excludes halogenated alkanes) is 5. The molecule has 0 spiro atoms. The third-order valence-corrected chi connectivity index (χ3v) is 2.71. The molecule has 0 bridgehead atoms. The van der Waals surface area contributed by atoms with E-state index in [-0.39, 0.29) is 35.5 Å². The number of hydrogen-bond donors (Lipinski definition) is 0. The zero-order chi connectivity index (χ0) is 12.3. The van der Waals surface area contributed by atoms with Gasteiger partial charge in [0.05, 0.1) is 0 Å². The van der Waals surface area contributed by atoms with Crippen LogP contribution >= 0.6 is 0 Å². The van der Waals surface area contributed by atoms with Crippen LogP contribution in [0.4, 0.5) is 0 Å². The summed E-state index contributed by atoms with van der Waals surface area (Å²) in [4.78, 5) is 11.5. The van der Waals surface area contributed by atoms with Crippen molar-refractivity contribution in [3.8, 4) is 5.75 Å². The summed E-state index contributed by atoms with van der Waals surface area (Å²) in [5.41, 5.74) is 0. The van der Waals surface area contributed by atoms with Gasteiger partial charge in [0.2, 0.25) is 0 Å². The monoisotopic (exact) mass is 257 g/mol. The molecule has 0 heterocycles. The number of esters is 1. The molecule has 1 aromatic rings. The molecule has 0 aromatic heterocycles. The summed E-state index contributed by atoms with van der Waals surface area (Å²) in [5.74, 6) is 0.523. The van der Waals surface area contributed by atoms with E-state index in [2.05, 4.69) is 6.92 Å². The topological polar surface area (TPSA) is 26.3 Å². The molecule has 3 heteroatoms. The number of rotatable bonds is 8. The zero-order valence-corrected chi connectivity index (χ0v) is 13.7. The average molecular weight is 257 g/mol. The maximum atomic E-state index is 11.5. The largest absolute Gasteiger partial charge is 1.00 e. The van der Waals surface area contributed by atoms with Gasteiger partial charge in [-0.2, -0.15) is 0 Å². The maximum Gasteiger partial charge on any atom is 1.00 e. The normalized spacial score (nSPS) is 9.61. The van der Waals surface area contributed by atoms with Crippen LogP contribution in [0, 0.1) is 0 Å². The second kappa shape index (κ2) is 11.8. The number of ether oxygens (including phenoxy) is 1. The average Bonchev–Trinajstić information content (AvgIpc) is 2.35. The minimum absolute atomic E-state index is 0. The number of para-hydroxylation sites is 1. The third kappa shape index (κ3) is 8.73. The second-order valence-corrected chi connectivity index (χ2v) is 4.30. The fourth-order valence-corrected chi connectivity index (χ4v) is 1.72. The molecule has 1 aromatic carbocycles. The first-order valence-corrected chi connectivity index (χ1v) is 6.58. The molecule has 0 fully saturated rings. The Morgan fingerprint density at radius 1 is 1.00 bits per heavy atom. The van der Waals surface area contributed by atoms with Gasteiger partial charge in [-0.05, 0) is 18.6 Å². The van der Waals surface area contributed by atoms with Gasteiger partial charge in [-0.3, -0.25) is 4.79 Å². The molecule has 0 saturated heterocycles. The van der Waals surface area contributed by atoms with E-state index in [1.165, 1.54) is 25.7 Å². The van der Waals surface area contributed by atoms with E-state index >= 15 is 0 Å². The first-order valence-electron chi connectivity index (χ1n) is 6.58. The SMILES string of the molecule is CCCCCCCCC(=O)Oc1ccccc1.[Na+]. The second-order valence-electron chi connectivity index (χ2n) is 4.30. The van der Waals surface area contributed by atoms with Crippen molar-refractivity contribution in [3.63, 3.8) is 0 Å². The molecule has 2 nitrogen and oxygen atoms in total. The molecule has 94 valence electrons. The Morgan fingerprint density at radius 2 is 1.61 bits per heavy atom. The van der Waals surface area contributed by atoms with Crippen molar-refractivity contribution in [1.29, 1.82) is 0 Å². The summed E-state index contributed by atoms with van der Waals surface area (Å²) in [5, 5.41) is 0. The predicted molar refractivity (Wildman–Crippen MR) is 70.1 cm³/mol. The van der Waals surface area contributed by atoms with Gasteiger partial charge in [-0.1, -0.05) is 57.2 Å². The summed E-state index contributed by atoms with van der Waals surface area (Å²) in [6.45, 7) is 2.21. The van der Waals surface area contributed by atoms with Crippen LogP contribution in [-0.2, 0) is 4.79 Å². The third-order valence-electron chi connectivity index (χ3n) is 2.71. The first-order chi connectivity index (χ1) is 8.33. The summed E-state index contributed by atoms with van der Waals surface area (Å²) in [6.07, 6.45) is 7.67. The van der Waals surface area contributed by atoms with Crippen LogP contribution < -0.4 is 34.3 Å². The van der Waals surface area contributed by atoms with Gasteiger partial charge in [0.25, 0.3) is 0 Å². The van der Waals surface area contributed by atoms with E-state index in [1.54, 1.807) is 12.1 Å². The minimum Gasteiger partial charge on any atom is -0.427 e. The molecule has 0 aliphatic rings. The van der Waals surface area contributed by atoms with E-state index < -0.39 is 0 Å². The van der Waals surface area contributed by atoms with E-state index in [0.717, 1.165) is 12.8 Å². The van der Waals surface area contributed by atoms with E-state index in [0.29, 0.717) is 12.2 Å². The van der Waals surface area contributed by atoms with E-state index in [1.807, 2.05) is 18.2 Å². The Bertz CT molecular complexity index is 312. The van der Waals surface area contributed by atoms with E-state index in [9.17, 15) is 4.79 Å². The van der Waals surface area contributed by atoms with Crippen molar-refractivity contribution < 1.29 is 39.1 Å². The molecule has 0 N–H and O–H groups in total. The fourth-order valence-electron chi connectivity index (χ4n) is 1.72. The standard InChI is InChI=1S/C15H22O2.Na/c1-2-3-4-5-6-10-13-15(16)17-14-11-8-7-9-12-14;/h7-9,11-12H,2-6,10,13H2,1H3;/q;+1. The maximum absolute atomic E-state index is 11.5. The van der Waals surface area contributed by atoms with Crippen molar-refractivity contribution >= 4 is 5.97 Å². The minimum atomic E-state index is -0.119. The van der Waals surface area contributed by atoms with Gasteiger partial charge < -0.3 is 4.74 Å². The van der Waals surface area contributed by atoms with Crippen LogP contribution in [0.3, 0.4) is 0 Å². The Hall–Kier alpha value is -0.310. The van der Waals surface area contributed by atoms with Gasteiger partial charge >= 0.3 is 35.5 Å². The van der Waals surface area contributed by atoms with Crippen molar-refractivity contribution in [3.05, 3.63) is 30.3 Å². The van der Waals surface area contributed by atoms with Crippen LogP contribution in [0.5, 0.6) is 5.75 Å². The zero-order valence-electron chi connectivity index (χ0n) is 11.7. The smallest absolute Gasteiger partial charge is 0.427 e. The molecule has 1 rings (SSSR count). The van der Waals surface area contributed by atoms with Gasteiger partial charge in [-0.15, -0.1) is 0 Å². The van der Waals surface area contributed by atoms with Gasteiger partial charge in [-0.25, -0.2) is 0 Å². The van der Waals surface area contributed by atoms with Crippen molar-refractivity contribution in [1.82, 2.24) is 0 Å². The Kier molecular flexibility index (Phi) is 11.6. The molecule has 0 aliphatic heterocycles. The van der Waals surface area contributed by atoms with Crippen LogP contribution in [0.15, 0.2) is 30.3 Å². The fraction of sp³-hybridized carbons (Fsp3) is 0.533. The summed E-state index contributed by atoms with van der Waals surface area (Å²) in [6, 6.07) is 9.25. The van der Waals surface area contributed by atoms with Crippen LogP contribution in [0.2, 0.25) is 0 Å². The summed E-state index contributed by atoms with van der Waals surface area (Å²) >= 11 is 0. The van der Waals surface area contributed by atoms with Gasteiger partial charge in [0, 0.05) is 6.42 Å². The van der Waals surface area contributed by atoms with Crippen molar-refractivity contribution in [2.45, 2.75) is 51.9 Å². The predicted octanol–water partition coefficient (Wildman–Crippen LogP) is 1.35.